The molecule has 0 radical (unpaired) electrons. The zero-order valence-corrected chi connectivity index (χ0v) is 23.1. The van der Waals surface area contributed by atoms with Crippen LogP contribution in [-0.2, 0) is 23.2 Å². The first kappa shape index (κ1) is 29.4. The van der Waals surface area contributed by atoms with E-state index in [0.717, 1.165) is 19.9 Å². The molecule has 0 fully saturated rings. The van der Waals surface area contributed by atoms with Crippen molar-refractivity contribution in [2.75, 3.05) is 19.0 Å². The van der Waals surface area contributed by atoms with Crippen molar-refractivity contribution in [3.8, 4) is 22.8 Å². The third-order valence-corrected chi connectivity index (χ3v) is 6.70. The molecular weight excluding hydrogens is 574 g/mol. The molecule has 3 aromatic heterocycles. The molecular formula is C28H25F4N7O4. The minimum Gasteiger partial charge on any atom is -0.493 e. The number of carbonyl (C=O) groups is 1. The van der Waals surface area contributed by atoms with E-state index in [1.54, 1.807) is 35.4 Å². The molecule has 0 saturated carbocycles. The van der Waals surface area contributed by atoms with E-state index in [2.05, 4.69) is 30.6 Å². The van der Waals surface area contributed by atoms with Crippen LogP contribution in [0.4, 0.5) is 23.4 Å². The highest BCUT2D eigenvalue weighted by Gasteiger charge is 2.51. The summed E-state index contributed by atoms with van der Waals surface area (Å²) in [4.78, 5) is 21.5. The monoisotopic (exact) mass is 599 g/mol. The van der Waals surface area contributed by atoms with Crippen molar-refractivity contribution < 1.29 is 36.4 Å². The van der Waals surface area contributed by atoms with E-state index in [0.29, 0.717) is 46.9 Å². The number of anilines is 1. The Morgan fingerprint density at radius 3 is 2.49 bits per heavy atom. The maximum atomic E-state index is 15.0. The average Bonchev–Trinajstić information content (AvgIpc) is 3.66. The van der Waals surface area contributed by atoms with Gasteiger partial charge in [0.15, 0.2) is 23.1 Å². The average molecular weight is 600 g/mol. The van der Waals surface area contributed by atoms with Crippen LogP contribution in [0.5, 0.6) is 11.5 Å². The van der Waals surface area contributed by atoms with Gasteiger partial charge in [-0.05, 0) is 25.5 Å². The normalized spacial score (nSPS) is 12.0. The standard InChI is InChI=1S/C28H25F4N7O4/c1-27(2,28(30,31)32)24-12-25(38-43-24)37-26(40)9-16-4-5-17(8-18(16)29)21-13-33-19-10-23(22(41-3)11-20(19)36-21)42-7-6-39-14-34-35-15-39/h4-5,8,10-15H,6-7,9H2,1-3H3,(H,37,38,40). The van der Waals surface area contributed by atoms with Crippen LogP contribution in [0, 0.1) is 5.82 Å². The SMILES string of the molecule is COc1cc2nc(-c3ccc(CC(=O)Nc4cc(C(C)(C)C(F)(F)F)on4)c(F)c3)cnc2cc1OCCn1cnnc1. The number of nitrogens with zero attached hydrogens (tertiary/aromatic N) is 6. The van der Waals surface area contributed by atoms with Gasteiger partial charge in [0, 0.05) is 23.8 Å². The summed E-state index contributed by atoms with van der Waals surface area (Å²) in [5.74, 6) is -1.12. The van der Waals surface area contributed by atoms with E-state index < -0.39 is 35.5 Å². The molecule has 0 aliphatic rings. The zero-order valence-electron chi connectivity index (χ0n) is 23.1. The first-order valence-corrected chi connectivity index (χ1v) is 12.9. The number of alkyl halides is 3. The van der Waals surface area contributed by atoms with E-state index in [-0.39, 0.29) is 11.4 Å². The number of nitrogens with one attached hydrogen (secondary N) is 1. The number of methoxy groups -OCH3 is 1. The van der Waals surface area contributed by atoms with Gasteiger partial charge >= 0.3 is 6.18 Å². The van der Waals surface area contributed by atoms with Crippen LogP contribution in [-0.4, -0.2) is 55.7 Å². The Morgan fingerprint density at radius 2 is 1.79 bits per heavy atom. The Bertz CT molecular complexity index is 1750. The van der Waals surface area contributed by atoms with Crippen molar-refractivity contribution in [2.24, 2.45) is 0 Å². The molecule has 5 aromatic rings. The van der Waals surface area contributed by atoms with Gasteiger partial charge in [-0.2, -0.15) is 13.2 Å². The summed E-state index contributed by atoms with van der Waals surface area (Å²) in [6.45, 7) is 2.73. The van der Waals surface area contributed by atoms with Crippen LogP contribution in [0.1, 0.15) is 25.2 Å². The summed E-state index contributed by atoms with van der Waals surface area (Å²) in [5.41, 5.74) is -0.425. The van der Waals surface area contributed by atoms with Gasteiger partial charge < -0.3 is 23.9 Å². The molecule has 2 aromatic carbocycles. The van der Waals surface area contributed by atoms with E-state index in [1.165, 1.54) is 25.4 Å². The van der Waals surface area contributed by atoms with Gasteiger partial charge in [-0.3, -0.25) is 9.78 Å². The number of aromatic nitrogens is 6. The largest absolute Gasteiger partial charge is 0.493 e. The fourth-order valence-electron chi connectivity index (χ4n) is 4.01. The number of fused-ring (bicyclic) bond motifs is 1. The molecule has 0 atom stereocenters. The van der Waals surface area contributed by atoms with E-state index >= 15 is 0 Å². The Morgan fingerprint density at radius 1 is 1.05 bits per heavy atom. The molecule has 0 saturated heterocycles. The quantitative estimate of drug-likeness (QED) is 0.217. The molecule has 0 spiro atoms. The van der Waals surface area contributed by atoms with Crippen molar-refractivity contribution in [1.29, 1.82) is 0 Å². The highest BCUT2D eigenvalue weighted by molar-refractivity contribution is 5.91. The highest BCUT2D eigenvalue weighted by Crippen LogP contribution is 2.41. The lowest BCUT2D eigenvalue weighted by Crippen LogP contribution is -2.35. The predicted molar refractivity (Wildman–Crippen MR) is 145 cm³/mol. The zero-order chi connectivity index (χ0) is 30.8. The lowest BCUT2D eigenvalue weighted by Gasteiger charge is -2.24. The van der Waals surface area contributed by atoms with Crippen LogP contribution in [0.25, 0.3) is 22.3 Å². The Labute approximate surface area is 241 Å². The van der Waals surface area contributed by atoms with E-state index in [1.807, 2.05) is 0 Å². The summed E-state index contributed by atoms with van der Waals surface area (Å²) in [6.07, 6.45) is -0.329. The minimum absolute atomic E-state index is 0.0595. The van der Waals surface area contributed by atoms with Crippen LogP contribution in [0.15, 0.2) is 59.8 Å². The smallest absolute Gasteiger partial charge is 0.401 e. The lowest BCUT2D eigenvalue weighted by molar-refractivity contribution is -0.185. The predicted octanol–water partition coefficient (Wildman–Crippen LogP) is 5.12. The van der Waals surface area contributed by atoms with Gasteiger partial charge in [0.05, 0.1) is 43.0 Å². The van der Waals surface area contributed by atoms with E-state index in [4.69, 9.17) is 14.0 Å². The molecule has 224 valence electrons. The van der Waals surface area contributed by atoms with Crippen LogP contribution in [0.3, 0.4) is 0 Å². The van der Waals surface area contributed by atoms with E-state index in [9.17, 15) is 22.4 Å². The first-order chi connectivity index (χ1) is 20.4. The summed E-state index contributed by atoms with van der Waals surface area (Å²) in [6, 6.07) is 8.58. The van der Waals surface area contributed by atoms with Crippen molar-refractivity contribution in [2.45, 2.75) is 38.4 Å². The topological polar surface area (TPSA) is 130 Å². The Kier molecular flexibility index (Phi) is 7.98. The second-order valence-corrected chi connectivity index (χ2v) is 10.0. The van der Waals surface area contributed by atoms with Gasteiger partial charge in [-0.1, -0.05) is 17.3 Å². The van der Waals surface area contributed by atoms with Crippen LogP contribution >= 0.6 is 0 Å². The molecule has 0 unspecified atom stereocenters. The molecule has 1 N–H and O–H groups in total. The number of benzene rings is 2. The fraction of sp³-hybridized carbons (Fsp3) is 0.286. The molecule has 11 nitrogen and oxygen atoms in total. The van der Waals surface area contributed by atoms with Crippen molar-refractivity contribution >= 4 is 22.8 Å². The van der Waals surface area contributed by atoms with Crippen molar-refractivity contribution in [3.05, 3.63) is 72.4 Å². The molecule has 1 amide bonds. The number of carbonyl (C=O) groups excluding carboxylic acids is 1. The molecule has 15 heteroatoms. The second-order valence-electron chi connectivity index (χ2n) is 10.0. The molecule has 5 rings (SSSR count). The maximum absolute atomic E-state index is 15.0. The fourth-order valence-corrected chi connectivity index (χ4v) is 4.01. The second kappa shape index (κ2) is 11.7. The summed E-state index contributed by atoms with van der Waals surface area (Å²) >= 11 is 0. The number of rotatable bonds is 10. The van der Waals surface area contributed by atoms with Crippen molar-refractivity contribution in [1.82, 2.24) is 29.9 Å². The minimum atomic E-state index is -4.59. The molecule has 0 aliphatic heterocycles. The first-order valence-electron chi connectivity index (χ1n) is 12.9. The molecule has 3 heterocycles. The number of halogens is 4. The summed E-state index contributed by atoms with van der Waals surface area (Å²) in [7, 11) is 1.50. The number of hydrogen-bond donors (Lipinski definition) is 1. The number of amides is 1. The van der Waals surface area contributed by atoms with Gasteiger partial charge in [0.2, 0.25) is 5.91 Å². The molecule has 0 aliphatic carbocycles. The van der Waals surface area contributed by atoms with Gasteiger partial charge in [0.25, 0.3) is 0 Å². The molecule has 0 bridgehead atoms. The van der Waals surface area contributed by atoms with Gasteiger partial charge in [-0.15, -0.1) is 10.2 Å². The van der Waals surface area contributed by atoms with Gasteiger partial charge in [0.1, 0.15) is 30.5 Å². The third-order valence-electron chi connectivity index (χ3n) is 6.70. The Hall–Kier alpha value is -5.08. The molecule has 43 heavy (non-hydrogen) atoms. The number of ether oxygens (including phenoxy) is 2. The highest BCUT2D eigenvalue weighted by atomic mass is 19.4. The van der Waals surface area contributed by atoms with Gasteiger partial charge in [-0.25, -0.2) is 9.37 Å². The summed E-state index contributed by atoms with van der Waals surface area (Å²) < 4.78 is 72.6. The van der Waals surface area contributed by atoms with Crippen LogP contribution < -0.4 is 14.8 Å². The van der Waals surface area contributed by atoms with Crippen molar-refractivity contribution in [3.63, 3.8) is 0 Å². The van der Waals surface area contributed by atoms with Crippen LogP contribution in [0.2, 0.25) is 0 Å². The maximum Gasteiger partial charge on any atom is 0.401 e. The Balaban J connectivity index is 1.27. The summed E-state index contributed by atoms with van der Waals surface area (Å²) in [5, 5.41) is 13.3. The third kappa shape index (κ3) is 6.39. The number of hydrogen-bond acceptors (Lipinski definition) is 9. The lowest BCUT2D eigenvalue weighted by atomic mass is 9.89.